The number of fused-ring (bicyclic) bond motifs is 1. The SMILES string of the molecule is CCc1nc2ccc(C(=O)O)cc2n1CC1CCC(C)C1. The van der Waals surface area contributed by atoms with Gasteiger partial charge in [0.2, 0.25) is 0 Å². The summed E-state index contributed by atoms with van der Waals surface area (Å²) in [5, 5.41) is 9.19. The smallest absolute Gasteiger partial charge is 0.335 e. The van der Waals surface area contributed by atoms with E-state index < -0.39 is 5.97 Å². The van der Waals surface area contributed by atoms with Crippen molar-refractivity contribution in [2.24, 2.45) is 11.8 Å². The molecule has 2 atom stereocenters. The number of carboxylic acids is 1. The summed E-state index contributed by atoms with van der Waals surface area (Å²) in [7, 11) is 0. The highest BCUT2D eigenvalue weighted by Crippen LogP contribution is 2.32. The number of hydrogen-bond donors (Lipinski definition) is 1. The van der Waals surface area contributed by atoms with E-state index in [1.165, 1.54) is 19.3 Å². The second-order valence-corrected chi connectivity index (χ2v) is 6.29. The molecule has 3 rings (SSSR count). The average Bonchev–Trinajstić information content (AvgIpc) is 3.02. The highest BCUT2D eigenvalue weighted by Gasteiger charge is 2.23. The fourth-order valence-electron chi connectivity index (χ4n) is 3.53. The Kier molecular flexibility index (Phi) is 3.70. The molecule has 2 unspecified atom stereocenters. The predicted octanol–water partition coefficient (Wildman–Crippen LogP) is 3.73. The number of rotatable bonds is 4. The molecular weight excluding hydrogens is 264 g/mol. The number of aromatic carboxylic acids is 1. The fourth-order valence-corrected chi connectivity index (χ4v) is 3.53. The summed E-state index contributed by atoms with van der Waals surface area (Å²) in [6.07, 6.45) is 4.71. The molecule has 1 aliphatic carbocycles. The summed E-state index contributed by atoms with van der Waals surface area (Å²) in [6.45, 7) is 5.38. The second-order valence-electron chi connectivity index (χ2n) is 6.29. The number of aryl methyl sites for hydroxylation is 1. The standard InChI is InChI=1S/C17H22N2O2/c1-3-16-18-14-7-6-13(17(20)21)9-15(14)19(16)10-12-5-4-11(2)8-12/h6-7,9,11-12H,3-5,8,10H2,1-2H3,(H,20,21). The first-order chi connectivity index (χ1) is 10.1. The number of carboxylic acid groups (broad SMARTS) is 1. The van der Waals surface area contributed by atoms with Crippen molar-refractivity contribution in [1.82, 2.24) is 9.55 Å². The minimum atomic E-state index is -0.878. The van der Waals surface area contributed by atoms with Crippen LogP contribution in [0.5, 0.6) is 0 Å². The first kappa shape index (κ1) is 14.1. The summed E-state index contributed by atoms with van der Waals surface area (Å²) in [6, 6.07) is 5.23. The van der Waals surface area contributed by atoms with Crippen molar-refractivity contribution >= 4 is 17.0 Å². The highest BCUT2D eigenvalue weighted by molar-refractivity contribution is 5.92. The lowest BCUT2D eigenvalue weighted by atomic mass is 10.1. The topological polar surface area (TPSA) is 55.1 Å². The third-order valence-electron chi connectivity index (χ3n) is 4.63. The zero-order valence-corrected chi connectivity index (χ0v) is 12.7. The van der Waals surface area contributed by atoms with Gasteiger partial charge in [-0.05, 0) is 42.9 Å². The van der Waals surface area contributed by atoms with Gasteiger partial charge in [-0.2, -0.15) is 0 Å². The predicted molar refractivity (Wildman–Crippen MR) is 82.6 cm³/mol. The first-order valence-electron chi connectivity index (χ1n) is 7.81. The number of nitrogens with zero attached hydrogens (tertiary/aromatic N) is 2. The van der Waals surface area contributed by atoms with Crippen LogP contribution in [0.4, 0.5) is 0 Å². The van der Waals surface area contributed by atoms with Crippen LogP contribution < -0.4 is 0 Å². The normalized spacial score (nSPS) is 22.0. The highest BCUT2D eigenvalue weighted by atomic mass is 16.4. The molecule has 0 aliphatic heterocycles. The molecule has 1 aromatic heterocycles. The molecule has 0 saturated heterocycles. The lowest BCUT2D eigenvalue weighted by Gasteiger charge is -2.14. The molecule has 4 heteroatoms. The number of carbonyl (C=O) groups is 1. The van der Waals surface area contributed by atoms with E-state index in [2.05, 4.69) is 23.4 Å². The molecule has 1 fully saturated rings. The van der Waals surface area contributed by atoms with Crippen molar-refractivity contribution in [2.75, 3.05) is 0 Å². The maximum Gasteiger partial charge on any atom is 0.335 e. The van der Waals surface area contributed by atoms with Crippen LogP contribution in [0.3, 0.4) is 0 Å². The molecular formula is C17H22N2O2. The number of benzene rings is 1. The Hall–Kier alpha value is -1.84. The van der Waals surface area contributed by atoms with E-state index in [0.29, 0.717) is 11.5 Å². The van der Waals surface area contributed by atoms with E-state index in [4.69, 9.17) is 0 Å². The van der Waals surface area contributed by atoms with Crippen molar-refractivity contribution in [3.63, 3.8) is 0 Å². The van der Waals surface area contributed by atoms with Gasteiger partial charge in [-0.15, -0.1) is 0 Å². The molecule has 0 amide bonds. The van der Waals surface area contributed by atoms with Gasteiger partial charge in [-0.25, -0.2) is 9.78 Å². The summed E-state index contributed by atoms with van der Waals surface area (Å²) in [5.41, 5.74) is 2.21. The Morgan fingerprint density at radius 2 is 2.24 bits per heavy atom. The Morgan fingerprint density at radius 1 is 1.43 bits per heavy atom. The van der Waals surface area contributed by atoms with Gasteiger partial charge in [0.15, 0.2) is 0 Å². The van der Waals surface area contributed by atoms with Gasteiger partial charge in [0, 0.05) is 13.0 Å². The Balaban J connectivity index is 2.01. The van der Waals surface area contributed by atoms with E-state index in [1.807, 2.05) is 6.07 Å². The lowest BCUT2D eigenvalue weighted by molar-refractivity contribution is 0.0697. The molecule has 1 N–H and O–H groups in total. The van der Waals surface area contributed by atoms with Gasteiger partial charge in [-0.3, -0.25) is 0 Å². The van der Waals surface area contributed by atoms with Crippen LogP contribution in [0, 0.1) is 11.8 Å². The quantitative estimate of drug-likeness (QED) is 0.931. The molecule has 1 aliphatic rings. The van der Waals surface area contributed by atoms with Crippen LogP contribution in [0.2, 0.25) is 0 Å². The second kappa shape index (κ2) is 5.51. The molecule has 1 aromatic carbocycles. The van der Waals surface area contributed by atoms with Crippen LogP contribution in [0.15, 0.2) is 18.2 Å². The molecule has 1 heterocycles. The van der Waals surface area contributed by atoms with Crippen LogP contribution >= 0.6 is 0 Å². The van der Waals surface area contributed by atoms with Crippen LogP contribution in [0.1, 0.15) is 49.3 Å². The molecule has 0 radical (unpaired) electrons. The third-order valence-corrected chi connectivity index (χ3v) is 4.63. The molecule has 112 valence electrons. The van der Waals surface area contributed by atoms with E-state index >= 15 is 0 Å². The monoisotopic (exact) mass is 286 g/mol. The molecule has 4 nitrogen and oxygen atoms in total. The maximum atomic E-state index is 11.2. The fraction of sp³-hybridized carbons (Fsp3) is 0.529. The third kappa shape index (κ3) is 2.67. The molecule has 0 spiro atoms. The molecule has 0 bridgehead atoms. The van der Waals surface area contributed by atoms with E-state index in [0.717, 1.165) is 35.7 Å². The first-order valence-corrected chi connectivity index (χ1v) is 7.81. The maximum absolute atomic E-state index is 11.2. The van der Waals surface area contributed by atoms with Gasteiger partial charge in [0.25, 0.3) is 0 Å². The van der Waals surface area contributed by atoms with Gasteiger partial charge in [0.1, 0.15) is 5.82 Å². The van der Waals surface area contributed by atoms with Crippen molar-refractivity contribution in [2.45, 2.75) is 46.1 Å². The van der Waals surface area contributed by atoms with Crippen molar-refractivity contribution in [3.8, 4) is 0 Å². The van der Waals surface area contributed by atoms with E-state index in [1.54, 1.807) is 12.1 Å². The van der Waals surface area contributed by atoms with Gasteiger partial charge in [-0.1, -0.05) is 20.3 Å². The van der Waals surface area contributed by atoms with Crippen molar-refractivity contribution in [1.29, 1.82) is 0 Å². The molecule has 1 saturated carbocycles. The summed E-state index contributed by atoms with van der Waals surface area (Å²) >= 11 is 0. The Labute approximate surface area is 124 Å². The van der Waals surface area contributed by atoms with Crippen LogP contribution in [-0.4, -0.2) is 20.6 Å². The Morgan fingerprint density at radius 3 is 2.86 bits per heavy atom. The largest absolute Gasteiger partial charge is 0.478 e. The molecule has 2 aromatic rings. The van der Waals surface area contributed by atoms with E-state index in [-0.39, 0.29) is 0 Å². The summed E-state index contributed by atoms with van der Waals surface area (Å²) in [5.74, 6) is 1.69. The minimum absolute atomic E-state index is 0.339. The summed E-state index contributed by atoms with van der Waals surface area (Å²) in [4.78, 5) is 15.9. The summed E-state index contributed by atoms with van der Waals surface area (Å²) < 4.78 is 2.24. The zero-order chi connectivity index (χ0) is 15.0. The van der Waals surface area contributed by atoms with Gasteiger partial charge in [0.05, 0.1) is 16.6 Å². The average molecular weight is 286 g/mol. The van der Waals surface area contributed by atoms with Crippen LogP contribution in [-0.2, 0) is 13.0 Å². The lowest BCUT2D eigenvalue weighted by Crippen LogP contribution is -2.11. The van der Waals surface area contributed by atoms with Crippen LogP contribution in [0.25, 0.3) is 11.0 Å². The van der Waals surface area contributed by atoms with E-state index in [9.17, 15) is 9.90 Å². The zero-order valence-electron chi connectivity index (χ0n) is 12.7. The Bertz CT molecular complexity index is 675. The minimum Gasteiger partial charge on any atom is -0.478 e. The number of aromatic nitrogens is 2. The van der Waals surface area contributed by atoms with Crippen molar-refractivity contribution < 1.29 is 9.90 Å². The number of hydrogen-bond acceptors (Lipinski definition) is 2. The van der Waals surface area contributed by atoms with Gasteiger partial charge >= 0.3 is 5.97 Å². The number of imidazole rings is 1. The van der Waals surface area contributed by atoms with Crippen molar-refractivity contribution in [3.05, 3.63) is 29.6 Å². The molecule has 21 heavy (non-hydrogen) atoms. The van der Waals surface area contributed by atoms with Gasteiger partial charge < -0.3 is 9.67 Å².